The van der Waals surface area contributed by atoms with E-state index in [1.807, 2.05) is 23.6 Å². The van der Waals surface area contributed by atoms with E-state index >= 15 is 0 Å². The van der Waals surface area contributed by atoms with E-state index in [0.29, 0.717) is 5.92 Å². The molecule has 3 aliphatic rings. The van der Waals surface area contributed by atoms with Crippen LogP contribution < -0.4 is 5.32 Å². The van der Waals surface area contributed by atoms with Crippen molar-refractivity contribution in [3.05, 3.63) is 0 Å². The first-order valence-electron chi connectivity index (χ1n) is 7.33. The molecule has 4 nitrogen and oxygen atoms in total. The van der Waals surface area contributed by atoms with Gasteiger partial charge in [0.05, 0.1) is 0 Å². The van der Waals surface area contributed by atoms with Gasteiger partial charge in [-0.15, -0.1) is 0 Å². The molecule has 19 heavy (non-hydrogen) atoms. The summed E-state index contributed by atoms with van der Waals surface area (Å²) < 4.78 is 0. The van der Waals surface area contributed by atoms with Crippen molar-refractivity contribution in [1.29, 1.82) is 0 Å². The van der Waals surface area contributed by atoms with Crippen molar-refractivity contribution in [1.82, 2.24) is 10.2 Å². The van der Waals surface area contributed by atoms with E-state index < -0.39 is 5.54 Å². The Labute approximate surface area is 118 Å². The second-order valence-corrected chi connectivity index (χ2v) is 7.29. The SMILES string of the molecule is CC1C(=O)NC2(CCCC2)C(=O)N1CC1CCSC1. The second-order valence-electron chi connectivity index (χ2n) is 6.14. The highest BCUT2D eigenvalue weighted by atomic mass is 32.2. The highest BCUT2D eigenvalue weighted by molar-refractivity contribution is 7.99. The molecule has 106 valence electrons. The highest BCUT2D eigenvalue weighted by Crippen LogP contribution is 2.35. The van der Waals surface area contributed by atoms with Gasteiger partial charge in [-0.2, -0.15) is 11.8 Å². The van der Waals surface area contributed by atoms with Gasteiger partial charge in [0.1, 0.15) is 11.6 Å². The predicted octanol–water partition coefficient (Wildman–Crippen LogP) is 1.40. The van der Waals surface area contributed by atoms with Gasteiger partial charge in [-0.05, 0) is 43.6 Å². The van der Waals surface area contributed by atoms with E-state index in [1.54, 1.807) is 0 Å². The van der Waals surface area contributed by atoms with Crippen LogP contribution in [0.3, 0.4) is 0 Å². The molecule has 3 fully saturated rings. The van der Waals surface area contributed by atoms with Crippen molar-refractivity contribution in [3.63, 3.8) is 0 Å². The summed E-state index contributed by atoms with van der Waals surface area (Å²) in [5.74, 6) is 3.10. The summed E-state index contributed by atoms with van der Waals surface area (Å²) in [5.41, 5.74) is -0.560. The molecule has 1 N–H and O–H groups in total. The predicted molar refractivity (Wildman–Crippen MR) is 75.9 cm³/mol. The number of nitrogens with zero attached hydrogens (tertiary/aromatic N) is 1. The van der Waals surface area contributed by atoms with Crippen LogP contribution in [0, 0.1) is 5.92 Å². The van der Waals surface area contributed by atoms with Gasteiger partial charge in [0.2, 0.25) is 11.8 Å². The Morgan fingerprint density at radius 1 is 1.37 bits per heavy atom. The monoisotopic (exact) mass is 282 g/mol. The van der Waals surface area contributed by atoms with Gasteiger partial charge in [-0.25, -0.2) is 0 Å². The Hall–Kier alpha value is -0.710. The summed E-state index contributed by atoms with van der Waals surface area (Å²) in [6.07, 6.45) is 4.91. The Morgan fingerprint density at radius 3 is 2.74 bits per heavy atom. The molecule has 0 aromatic heterocycles. The molecule has 1 spiro atoms. The molecule has 0 aromatic carbocycles. The van der Waals surface area contributed by atoms with Crippen LogP contribution in [-0.4, -0.2) is 46.3 Å². The molecule has 5 heteroatoms. The lowest BCUT2D eigenvalue weighted by Gasteiger charge is -2.44. The van der Waals surface area contributed by atoms with Crippen LogP contribution in [0.25, 0.3) is 0 Å². The first-order valence-corrected chi connectivity index (χ1v) is 8.49. The minimum absolute atomic E-state index is 0.0344. The molecule has 3 rings (SSSR count). The van der Waals surface area contributed by atoms with Crippen LogP contribution in [0.5, 0.6) is 0 Å². The molecule has 2 unspecified atom stereocenters. The summed E-state index contributed by atoms with van der Waals surface area (Å²) >= 11 is 1.96. The maximum absolute atomic E-state index is 12.8. The Balaban J connectivity index is 1.79. The van der Waals surface area contributed by atoms with Crippen molar-refractivity contribution >= 4 is 23.6 Å². The zero-order valence-corrected chi connectivity index (χ0v) is 12.3. The van der Waals surface area contributed by atoms with Crippen molar-refractivity contribution in [2.75, 3.05) is 18.1 Å². The first-order chi connectivity index (χ1) is 9.12. The van der Waals surface area contributed by atoms with E-state index in [-0.39, 0.29) is 17.9 Å². The van der Waals surface area contributed by atoms with Crippen LogP contribution in [-0.2, 0) is 9.59 Å². The molecule has 1 aliphatic carbocycles. The van der Waals surface area contributed by atoms with Gasteiger partial charge >= 0.3 is 0 Å². The summed E-state index contributed by atoms with van der Waals surface area (Å²) in [6.45, 7) is 2.62. The summed E-state index contributed by atoms with van der Waals surface area (Å²) in [5, 5.41) is 3.01. The number of amides is 2. The number of thioether (sulfide) groups is 1. The molecule has 0 aromatic rings. The van der Waals surface area contributed by atoms with Crippen molar-refractivity contribution in [3.8, 4) is 0 Å². The van der Waals surface area contributed by atoms with Gasteiger partial charge in [-0.1, -0.05) is 12.8 Å². The third kappa shape index (κ3) is 2.26. The smallest absolute Gasteiger partial charge is 0.249 e. The molecule has 0 radical (unpaired) electrons. The fraction of sp³-hybridized carbons (Fsp3) is 0.857. The van der Waals surface area contributed by atoms with E-state index in [2.05, 4.69) is 5.32 Å². The molecular formula is C14H22N2O2S. The quantitative estimate of drug-likeness (QED) is 0.833. The van der Waals surface area contributed by atoms with Crippen LogP contribution in [0.4, 0.5) is 0 Å². The standard InChI is InChI=1S/C14H22N2O2S/c1-10-12(17)15-14(5-2-3-6-14)13(18)16(10)8-11-4-7-19-9-11/h10-11H,2-9H2,1H3,(H,15,17). The highest BCUT2D eigenvalue weighted by Gasteiger charge is 2.51. The number of hydrogen-bond acceptors (Lipinski definition) is 3. The summed E-state index contributed by atoms with van der Waals surface area (Å²) in [7, 11) is 0. The number of hydrogen-bond donors (Lipinski definition) is 1. The third-order valence-corrected chi connectivity index (χ3v) is 6.05. The molecule has 0 bridgehead atoms. The molecule has 1 saturated carbocycles. The molecule has 2 amide bonds. The van der Waals surface area contributed by atoms with Crippen LogP contribution in [0.1, 0.15) is 39.0 Å². The average Bonchev–Trinajstić information content (AvgIpc) is 3.04. The van der Waals surface area contributed by atoms with E-state index in [1.165, 1.54) is 12.2 Å². The maximum Gasteiger partial charge on any atom is 0.249 e. The average molecular weight is 282 g/mol. The minimum atomic E-state index is -0.560. The van der Waals surface area contributed by atoms with Gasteiger partial charge in [0, 0.05) is 6.54 Å². The lowest BCUT2D eigenvalue weighted by molar-refractivity contribution is -0.154. The first kappa shape index (κ1) is 13.3. The number of carbonyl (C=O) groups excluding carboxylic acids is 2. The van der Waals surface area contributed by atoms with Crippen molar-refractivity contribution in [2.24, 2.45) is 5.92 Å². The van der Waals surface area contributed by atoms with E-state index in [9.17, 15) is 9.59 Å². The van der Waals surface area contributed by atoms with E-state index in [4.69, 9.17) is 0 Å². The second kappa shape index (κ2) is 5.00. The van der Waals surface area contributed by atoms with Gasteiger partial charge in [0.25, 0.3) is 0 Å². The fourth-order valence-electron chi connectivity index (χ4n) is 3.55. The number of rotatable bonds is 2. The largest absolute Gasteiger partial charge is 0.340 e. The zero-order chi connectivity index (χ0) is 13.5. The zero-order valence-electron chi connectivity index (χ0n) is 11.5. The number of nitrogens with one attached hydrogen (secondary N) is 1. The lowest BCUT2D eigenvalue weighted by atomic mass is 9.90. The fourth-order valence-corrected chi connectivity index (χ4v) is 4.82. The van der Waals surface area contributed by atoms with Crippen molar-refractivity contribution < 1.29 is 9.59 Å². The van der Waals surface area contributed by atoms with Crippen LogP contribution >= 0.6 is 11.8 Å². The number of carbonyl (C=O) groups is 2. The molecule has 2 atom stereocenters. The molecule has 2 heterocycles. The summed E-state index contributed by atoms with van der Waals surface area (Å²) in [4.78, 5) is 26.8. The Morgan fingerprint density at radius 2 is 2.11 bits per heavy atom. The van der Waals surface area contributed by atoms with Crippen molar-refractivity contribution in [2.45, 2.75) is 50.6 Å². The number of piperazine rings is 1. The Bertz CT molecular complexity index is 387. The molecule has 2 saturated heterocycles. The van der Waals surface area contributed by atoms with Gasteiger partial charge in [-0.3, -0.25) is 9.59 Å². The summed E-state index contributed by atoms with van der Waals surface area (Å²) in [6, 6.07) is -0.302. The maximum atomic E-state index is 12.8. The topological polar surface area (TPSA) is 49.4 Å². The molecular weight excluding hydrogens is 260 g/mol. The normalized spacial score (nSPS) is 34.1. The third-order valence-electron chi connectivity index (χ3n) is 4.82. The van der Waals surface area contributed by atoms with E-state index in [0.717, 1.165) is 38.0 Å². The minimum Gasteiger partial charge on any atom is -0.340 e. The van der Waals surface area contributed by atoms with Gasteiger partial charge in [0.15, 0.2) is 0 Å². The van der Waals surface area contributed by atoms with Gasteiger partial charge < -0.3 is 10.2 Å². The van der Waals surface area contributed by atoms with Crippen LogP contribution in [0.15, 0.2) is 0 Å². The lowest BCUT2D eigenvalue weighted by Crippen LogP contribution is -2.69. The molecule has 2 aliphatic heterocycles. The Kier molecular flexibility index (Phi) is 3.50. The van der Waals surface area contributed by atoms with Crippen LogP contribution in [0.2, 0.25) is 0 Å².